The van der Waals surface area contributed by atoms with Gasteiger partial charge in [-0.25, -0.2) is 0 Å². The topological polar surface area (TPSA) is 72.8 Å². The van der Waals surface area contributed by atoms with Gasteiger partial charge in [-0.2, -0.15) is 0 Å². The zero-order valence-corrected chi connectivity index (χ0v) is 28.1. The molecule has 0 fully saturated rings. The lowest BCUT2D eigenvalue weighted by molar-refractivity contribution is -0.161. The molecule has 1 atom stereocenters. The van der Waals surface area contributed by atoms with Gasteiger partial charge in [0.15, 0.2) is 6.10 Å². The number of hydrogen-bond acceptors (Lipinski definition) is 5. The van der Waals surface area contributed by atoms with Gasteiger partial charge in [0.25, 0.3) is 0 Å². The molecule has 0 saturated heterocycles. The number of allylic oxidation sites excluding steroid dienone is 12. The van der Waals surface area contributed by atoms with Gasteiger partial charge in [0.05, 0.1) is 6.61 Å². The zero-order valence-electron chi connectivity index (χ0n) is 28.1. The van der Waals surface area contributed by atoms with Crippen LogP contribution in [0.5, 0.6) is 0 Å². The third-order valence-electron chi connectivity index (χ3n) is 7.03. The third-order valence-corrected chi connectivity index (χ3v) is 7.03. The highest BCUT2D eigenvalue weighted by atomic mass is 16.6. The zero-order chi connectivity index (χ0) is 32.2. The van der Waals surface area contributed by atoms with Crippen LogP contribution in [0.2, 0.25) is 0 Å². The Morgan fingerprint density at radius 3 is 1.43 bits per heavy atom. The molecule has 0 amide bonds. The molecule has 0 aliphatic carbocycles. The first-order valence-corrected chi connectivity index (χ1v) is 17.5. The molecule has 0 aromatic heterocycles. The first-order chi connectivity index (χ1) is 21.6. The van der Waals surface area contributed by atoms with Crippen molar-refractivity contribution in [3.05, 3.63) is 72.9 Å². The SMILES string of the molecule is CC/C=C/C/C=C/C/C=C/C/C=C/C/C=C/C/C=C/CCC(=O)O[C@@H](CO)COC(=O)CCCCCCCCCCCCC. The van der Waals surface area contributed by atoms with Crippen LogP contribution in [0.4, 0.5) is 0 Å². The number of esters is 2. The summed E-state index contributed by atoms with van der Waals surface area (Å²) in [4.78, 5) is 24.1. The van der Waals surface area contributed by atoms with Crippen molar-refractivity contribution in [3.8, 4) is 0 Å². The summed E-state index contributed by atoms with van der Waals surface area (Å²) in [6, 6.07) is 0. The maximum atomic E-state index is 12.1. The highest BCUT2D eigenvalue weighted by Gasteiger charge is 2.15. The van der Waals surface area contributed by atoms with E-state index in [-0.39, 0.29) is 25.6 Å². The second kappa shape index (κ2) is 34.8. The van der Waals surface area contributed by atoms with Gasteiger partial charge in [-0.3, -0.25) is 9.59 Å². The van der Waals surface area contributed by atoms with Gasteiger partial charge in [0.1, 0.15) is 6.61 Å². The minimum absolute atomic E-state index is 0.0982. The Morgan fingerprint density at radius 1 is 0.545 bits per heavy atom. The maximum absolute atomic E-state index is 12.1. The predicted octanol–water partition coefficient (Wildman–Crippen LogP) is 10.6. The fraction of sp³-hybridized carbons (Fsp3) is 0.641. The number of unbranched alkanes of at least 4 members (excludes halogenated alkanes) is 10. The molecule has 0 saturated carbocycles. The third kappa shape index (κ3) is 32.3. The van der Waals surface area contributed by atoms with Crippen molar-refractivity contribution in [2.45, 2.75) is 148 Å². The first-order valence-electron chi connectivity index (χ1n) is 17.5. The fourth-order valence-electron chi connectivity index (χ4n) is 4.40. The summed E-state index contributed by atoms with van der Waals surface area (Å²) in [6.07, 6.45) is 45.4. The first kappa shape index (κ1) is 41.3. The molecule has 44 heavy (non-hydrogen) atoms. The lowest BCUT2D eigenvalue weighted by Gasteiger charge is -2.15. The van der Waals surface area contributed by atoms with E-state index >= 15 is 0 Å². The Kier molecular flexibility index (Phi) is 32.7. The van der Waals surface area contributed by atoms with Gasteiger partial charge in [0.2, 0.25) is 0 Å². The van der Waals surface area contributed by atoms with E-state index in [1.54, 1.807) is 0 Å². The van der Waals surface area contributed by atoms with Gasteiger partial charge in [-0.05, 0) is 51.4 Å². The van der Waals surface area contributed by atoms with Crippen molar-refractivity contribution in [1.82, 2.24) is 0 Å². The van der Waals surface area contributed by atoms with E-state index in [9.17, 15) is 14.7 Å². The molecule has 5 heteroatoms. The van der Waals surface area contributed by atoms with Crippen LogP contribution in [0, 0.1) is 0 Å². The molecule has 0 rings (SSSR count). The van der Waals surface area contributed by atoms with Crippen molar-refractivity contribution >= 4 is 11.9 Å². The van der Waals surface area contributed by atoms with Gasteiger partial charge >= 0.3 is 11.9 Å². The lowest BCUT2D eigenvalue weighted by atomic mass is 10.1. The Hall–Kier alpha value is -2.66. The van der Waals surface area contributed by atoms with E-state index < -0.39 is 12.1 Å². The smallest absolute Gasteiger partial charge is 0.306 e. The number of aliphatic hydroxyl groups is 1. The summed E-state index contributed by atoms with van der Waals surface area (Å²) in [5.41, 5.74) is 0. The molecule has 5 nitrogen and oxygen atoms in total. The monoisotopic (exact) mass is 612 g/mol. The molecule has 0 aliphatic heterocycles. The number of hydrogen-bond donors (Lipinski definition) is 1. The molecule has 0 aromatic carbocycles. The normalized spacial score (nSPS) is 13.1. The summed E-state index contributed by atoms with van der Waals surface area (Å²) >= 11 is 0. The van der Waals surface area contributed by atoms with E-state index in [0.29, 0.717) is 12.8 Å². The van der Waals surface area contributed by atoms with Crippen LogP contribution >= 0.6 is 0 Å². The van der Waals surface area contributed by atoms with Gasteiger partial charge in [-0.15, -0.1) is 0 Å². The standard InChI is InChI=1S/C39H64O5/c1-3-5-7-9-11-13-15-16-17-18-19-20-21-22-24-26-28-30-32-34-39(42)44-37(35-40)36-43-38(41)33-31-29-27-25-23-14-12-10-8-6-4-2/h5,7,11,13,16-17,19-20,22,24,28,30,37,40H,3-4,6,8-10,12,14-15,18,21,23,25-27,29,31-36H2,1-2H3/b7-5+,13-11+,17-16+,20-19+,24-22+,30-28+/t37-/m0/s1. The van der Waals surface area contributed by atoms with E-state index in [4.69, 9.17) is 9.47 Å². The molecule has 1 N–H and O–H groups in total. The van der Waals surface area contributed by atoms with Crippen LogP contribution in [0.1, 0.15) is 142 Å². The second-order valence-corrected chi connectivity index (χ2v) is 11.2. The predicted molar refractivity (Wildman–Crippen MR) is 186 cm³/mol. The van der Waals surface area contributed by atoms with Crippen LogP contribution in [-0.4, -0.2) is 36.4 Å². The number of carbonyl (C=O) groups is 2. The molecule has 0 radical (unpaired) electrons. The van der Waals surface area contributed by atoms with E-state index in [0.717, 1.165) is 57.8 Å². The van der Waals surface area contributed by atoms with Gasteiger partial charge in [0, 0.05) is 12.8 Å². The quantitative estimate of drug-likeness (QED) is 0.0496. The van der Waals surface area contributed by atoms with Crippen LogP contribution in [-0.2, 0) is 19.1 Å². The Bertz CT molecular complexity index is 833. The molecule has 0 aliphatic rings. The highest BCUT2D eigenvalue weighted by molar-refractivity contribution is 5.70. The van der Waals surface area contributed by atoms with E-state index in [2.05, 4.69) is 74.6 Å². The molecular weight excluding hydrogens is 548 g/mol. The molecule has 0 unspecified atom stereocenters. The highest BCUT2D eigenvalue weighted by Crippen LogP contribution is 2.12. The average molecular weight is 613 g/mol. The molecule has 0 spiro atoms. The molecule has 0 heterocycles. The average Bonchev–Trinajstić information content (AvgIpc) is 3.02. The van der Waals surface area contributed by atoms with Crippen LogP contribution in [0.25, 0.3) is 0 Å². The number of aliphatic hydroxyl groups excluding tert-OH is 1. The minimum atomic E-state index is -0.811. The summed E-state index contributed by atoms with van der Waals surface area (Å²) in [6.45, 7) is 3.93. The minimum Gasteiger partial charge on any atom is -0.462 e. The van der Waals surface area contributed by atoms with Crippen LogP contribution in [0.15, 0.2) is 72.9 Å². The summed E-state index contributed by atoms with van der Waals surface area (Å²) in [5.74, 6) is -0.696. The Balaban J connectivity index is 3.76. The summed E-state index contributed by atoms with van der Waals surface area (Å²) < 4.78 is 10.5. The summed E-state index contributed by atoms with van der Waals surface area (Å²) in [7, 11) is 0. The van der Waals surface area contributed by atoms with Crippen molar-refractivity contribution in [2.24, 2.45) is 0 Å². The Labute approximate surface area is 270 Å². The Morgan fingerprint density at radius 2 is 0.977 bits per heavy atom. The van der Waals surface area contributed by atoms with Crippen molar-refractivity contribution in [1.29, 1.82) is 0 Å². The summed E-state index contributed by atoms with van der Waals surface area (Å²) in [5, 5.41) is 9.50. The van der Waals surface area contributed by atoms with Crippen LogP contribution < -0.4 is 0 Å². The van der Waals surface area contributed by atoms with E-state index in [1.165, 1.54) is 51.4 Å². The van der Waals surface area contributed by atoms with Gasteiger partial charge < -0.3 is 14.6 Å². The number of ether oxygens (including phenoxy) is 2. The van der Waals surface area contributed by atoms with Crippen molar-refractivity contribution in [2.75, 3.05) is 13.2 Å². The van der Waals surface area contributed by atoms with Crippen LogP contribution in [0.3, 0.4) is 0 Å². The molecule has 250 valence electrons. The van der Waals surface area contributed by atoms with Gasteiger partial charge in [-0.1, -0.05) is 151 Å². The fourth-order valence-corrected chi connectivity index (χ4v) is 4.40. The molecule has 0 bridgehead atoms. The lowest BCUT2D eigenvalue weighted by Crippen LogP contribution is -2.28. The number of rotatable bonds is 30. The number of carbonyl (C=O) groups excluding carboxylic acids is 2. The largest absolute Gasteiger partial charge is 0.462 e. The van der Waals surface area contributed by atoms with E-state index in [1.807, 2.05) is 12.2 Å². The van der Waals surface area contributed by atoms with Crippen molar-refractivity contribution in [3.63, 3.8) is 0 Å². The second-order valence-electron chi connectivity index (χ2n) is 11.2. The maximum Gasteiger partial charge on any atom is 0.306 e. The molecular formula is C39H64O5. The molecule has 0 aromatic rings. The van der Waals surface area contributed by atoms with Crippen molar-refractivity contribution < 1.29 is 24.2 Å².